The molecule has 2 rings (SSSR count). The van der Waals surface area contributed by atoms with Crippen molar-refractivity contribution in [1.29, 1.82) is 5.26 Å². The Morgan fingerprint density at radius 1 is 1.27 bits per heavy atom. The lowest BCUT2D eigenvalue weighted by Crippen LogP contribution is -2.12. The van der Waals surface area contributed by atoms with Crippen LogP contribution in [0.5, 0.6) is 0 Å². The van der Waals surface area contributed by atoms with Crippen LogP contribution < -0.4 is 5.32 Å². The van der Waals surface area contributed by atoms with Gasteiger partial charge in [0, 0.05) is 23.6 Å². The molecule has 4 nitrogen and oxygen atoms in total. The fourth-order valence-electron chi connectivity index (χ4n) is 2.24. The number of nitrogens with one attached hydrogen (secondary N) is 1. The van der Waals surface area contributed by atoms with E-state index in [1.807, 2.05) is 6.07 Å². The topological polar surface area (TPSA) is 65.8 Å². The maximum atomic E-state index is 12.1. The number of hydrogen-bond donors (Lipinski definition) is 1. The molecule has 1 amide bonds. The summed E-state index contributed by atoms with van der Waals surface area (Å²) in [5.41, 5.74) is 2.10. The summed E-state index contributed by atoms with van der Waals surface area (Å²) in [6.45, 7) is 4.25. The van der Waals surface area contributed by atoms with Crippen molar-refractivity contribution in [2.75, 3.05) is 11.1 Å². The van der Waals surface area contributed by atoms with Crippen LogP contribution in [0.2, 0.25) is 10.0 Å². The van der Waals surface area contributed by atoms with Crippen molar-refractivity contribution in [3.05, 3.63) is 51.6 Å². The predicted molar refractivity (Wildman–Crippen MR) is 108 cm³/mol. The van der Waals surface area contributed by atoms with Crippen molar-refractivity contribution in [2.24, 2.45) is 5.92 Å². The molecule has 0 unspecified atom stereocenters. The predicted octanol–water partition coefficient (Wildman–Crippen LogP) is 5.58. The smallest absolute Gasteiger partial charge is 0.225 e. The molecule has 1 aromatic heterocycles. The Bertz CT molecular complexity index is 834. The molecule has 0 fully saturated rings. The molecule has 0 spiro atoms. The van der Waals surface area contributed by atoms with Crippen molar-refractivity contribution >= 4 is 46.6 Å². The normalized spacial score (nSPS) is 10.6. The van der Waals surface area contributed by atoms with E-state index >= 15 is 0 Å². The lowest BCUT2D eigenvalue weighted by Gasteiger charge is -2.09. The molecule has 0 saturated heterocycles. The molecule has 1 heterocycles. The first-order valence-corrected chi connectivity index (χ1v) is 9.91. The van der Waals surface area contributed by atoms with Gasteiger partial charge in [-0.3, -0.25) is 4.79 Å². The highest BCUT2D eigenvalue weighted by Gasteiger charge is 2.10. The quantitative estimate of drug-likeness (QED) is 0.608. The Hall–Kier alpha value is -1.74. The summed E-state index contributed by atoms with van der Waals surface area (Å²) < 4.78 is 0. The number of nitriles is 1. The number of rotatable bonds is 7. The van der Waals surface area contributed by atoms with Gasteiger partial charge in [-0.25, -0.2) is 4.98 Å². The van der Waals surface area contributed by atoms with E-state index in [4.69, 9.17) is 23.2 Å². The van der Waals surface area contributed by atoms with E-state index in [1.165, 1.54) is 11.8 Å². The standard InChI is InChI=1S/C19H19Cl2N3OS/c1-12(2)9-14-4-3-13(11-22)19(24-14)26-8-7-18(25)23-15-5-6-16(20)17(21)10-15/h3-6,10,12H,7-9H2,1-2H3,(H,23,25). The van der Waals surface area contributed by atoms with Crippen LogP contribution in [0.15, 0.2) is 35.4 Å². The van der Waals surface area contributed by atoms with Gasteiger partial charge in [0.25, 0.3) is 0 Å². The van der Waals surface area contributed by atoms with Crippen molar-refractivity contribution in [1.82, 2.24) is 4.98 Å². The minimum absolute atomic E-state index is 0.132. The van der Waals surface area contributed by atoms with Gasteiger partial charge in [-0.05, 0) is 42.7 Å². The largest absolute Gasteiger partial charge is 0.326 e. The molecule has 0 radical (unpaired) electrons. The fraction of sp³-hybridized carbons (Fsp3) is 0.316. The Balaban J connectivity index is 1.92. The van der Waals surface area contributed by atoms with E-state index in [-0.39, 0.29) is 5.91 Å². The third kappa shape index (κ3) is 6.21. The molecule has 7 heteroatoms. The summed E-state index contributed by atoms with van der Waals surface area (Å²) >= 11 is 13.2. The molecule has 0 bridgehead atoms. The van der Waals surface area contributed by atoms with E-state index in [0.717, 1.165) is 12.1 Å². The van der Waals surface area contributed by atoms with Crippen LogP contribution >= 0.6 is 35.0 Å². The maximum absolute atomic E-state index is 12.1. The molecular weight excluding hydrogens is 389 g/mol. The summed E-state index contributed by atoms with van der Waals surface area (Å²) in [4.78, 5) is 16.6. The SMILES string of the molecule is CC(C)Cc1ccc(C#N)c(SCCC(=O)Nc2ccc(Cl)c(Cl)c2)n1. The third-order valence-electron chi connectivity index (χ3n) is 3.43. The van der Waals surface area contributed by atoms with E-state index in [2.05, 4.69) is 30.2 Å². The first-order chi connectivity index (χ1) is 12.4. The second-order valence-corrected chi connectivity index (χ2v) is 8.04. The Morgan fingerprint density at radius 2 is 2.04 bits per heavy atom. The minimum atomic E-state index is -0.132. The number of halogens is 2. The van der Waals surface area contributed by atoms with Gasteiger partial charge in [-0.1, -0.05) is 37.0 Å². The Morgan fingerprint density at radius 3 is 2.69 bits per heavy atom. The average molecular weight is 408 g/mol. The summed E-state index contributed by atoms with van der Waals surface area (Å²) in [5.74, 6) is 0.887. The number of pyridine rings is 1. The van der Waals surface area contributed by atoms with Crippen LogP contribution in [-0.4, -0.2) is 16.6 Å². The molecule has 0 aliphatic heterocycles. The van der Waals surface area contributed by atoms with Crippen molar-refractivity contribution in [3.8, 4) is 6.07 Å². The summed E-state index contributed by atoms with van der Waals surface area (Å²) in [5, 5.41) is 13.5. The number of anilines is 1. The number of carbonyl (C=O) groups is 1. The van der Waals surface area contributed by atoms with Gasteiger partial charge in [-0.15, -0.1) is 11.8 Å². The monoisotopic (exact) mass is 407 g/mol. The molecule has 0 saturated carbocycles. The number of aromatic nitrogens is 1. The first-order valence-electron chi connectivity index (χ1n) is 8.16. The summed E-state index contributed by atoms with van der Waals surface area (Å²) in [6.07, 6.45) is 1.16. The third-order valence-corrected chi connectivity index (χ3v) is 5.16. The zero-order valence-corrected chi connectivity index (χ0v) is 16.9. The molecule has 1 N–H and O–H groups in total. The van der Waals surface area contributed by atoms with Crippen LogP contribution in [0.25, 0.3) is 0 Å². The van der Waals surface area contributed by atoms with Gasteiger partial charge in [-0.2, -0.15) is 5.26 Å². The number of nitrogens with zero attached hydrogens (tertiary/aromatic N) is 2. The van der Waals surface area contributed by atoms with Gasteiger partial charge < -0.3 is 5.32 Å². The zero-order chi connectivity index (χ0) is 19.1. The highest BCUT2D eigenvalue weighted by atomic mass is 35.5. The second kappa shape index (κ2) is 9.82. The number of benzene rings is 1. The van der Waals surface area contributed by atoms with Crippen LogP contribution in [0.4, 0.5) is 5.69 Å². The summed E-state index contributed by atoms with van der Waals surface area (Å²) in [7, 11) is 0. The summed E-state index contributed by atoms with van der Waals surface area (Å²) in [6, 6.07) is 10.8. The minimum Gasteiger partial charge on any atom is -0.326 e. The first kappa shape index (κ1) is 20.6. The highest BCUT2D eigenvalue weighted by molar-refractivity contribution is 7.99. The molecule has 1 aromatic carbocycles. The second-order valence-electron chi connectivity index (χ2n) is 6.14. The molecule has 0 aliphatic rings. The highest BCUT2D eigenvalue weighted by Crippen LogP contribution is 2.26. The van der Waals surface area contributed by atoms with Crippen LogP contribution in [-0.2, 0) is 11.2 Å². The molecule has 136 valence electrons. The fourth-order valence-corrected chi connectivity index (χ4v) is 3.47. The maximum Gasteiger partial charge on any atom is 0.225 e. The lowest BCUT2D eigenvalue weighted by molar-refractivity contribution is -0.115. The zero-order valence-electron chi connectivity index (χ0n) is 14.6. The molecule has 0 aliphatic carbocycles. The number of thioether (sulfide) groups is 1. The van der Waals surface area contributed by atoms with Crippen LogP contribution in [0.1, 0.15) is 31.5 Å². The van der Waals surface area contributed by atoms with Crippen molar-refractivity contribution in [3.63, 3.8) is 0 Å². The number of amides is 1. The van der Waals surface area contributed by atoms with Gasteiger partial charge in [0.05, 0.1) is 15.6 Å². The van der Waals surface area contributed by atoms with Crippen molar-refractivity contribution in [2.45, 2.75) is 31.7 Å². The Labute approximate surface area is 167 Å². The molecular formula is C19H19Cl2N3OS. The van der Waals surface area contributed by atoms with Gasteiger partial charge >= 0.3 is 0 Å². The van der Waals surface area contributed by atoms with E-state index in [0.29, 0.717) is 44.4 Å². The van der Waals surface area contributed by atoms with E-state index in [1.54, 1.807) is 24.3 Å². The van der Waals surface area contributed by atoms with E-state index < -0.39 is 0 Å². The van der Waals surface area contributed by atoms with Gasteiger partial charge in [0.2, 0.25) is 5.91 Å². The average Bonchev–Trinajstić information content (AvgIpc) is 2.58. The molecule has 26 heavy (non-hydrogen) atoms. The van der Waals surface area contributed by atoms with Crippen molar-refractivity contribution < 1.29 is 4.79 Å². The molecule has 2 aromatic rings. The van der Waals surface area contributed by atoms with Crippen LogP contribution in [0, 0.1) is 17.2 Å². The van der Waals surface area contributed by atoms with Crippen LogP contribution in [0.3, 0.4) is 0 Å². The Kier molecular flexibility index (Phi) is 7.77. The molecule has 0 atom stereocenters. The number of carbonyl (C=O) groups excluding carboxylic acids is 1. The van der Waals surface area contributed by atoms with E-state index in [9.17, 15) is 10.1 Å². The van der Waals surface area contributed by atoms with Gasteiger partial charge in [0.1, 0.15) is 11.1 Å². The lowest BCUT2D eigenvalue weighted by atomic mass is 10.1. The van der Waals surface area contributed by atoms with Gasteiger partial charge in [0.15, 0.2) is 0 Å². The number of hydrogen-bond acceptors (Lipinski definition) is 4.